The van der Waals surface area contributed by atoms with Crippen LogP contribution in [0.25, 0.3) is 0 Å². The maximum atomic E-state index is 13.4. The van der Waals surface area contributed by atoms with E-state index < -0.39 is 11.8 Å². The molecule has 98 valence electrons. The first kappa shape index (κ1) is 14.5. The highest BCUT2D eigenvalue weighted by Crippen LogP contribution is 2.17. The Balaban J connectivity index is 2.58. The molecule has 0 spiro atoms. The number of carboxylic acid groups (broad SMARTS) is 1. The van der Waals surface area contributed by atoms with E-state index in [0.717, 1.165) is 6.07 Å². The van der Waals surface area contributed by atoms with Crippen LogP contribution < -0.4 is 5.32 Å². The summed E-state index contributed by atoms with van der Waals surface area (Å²) in [4.78, 5) is 21.9. The van der Waals surface area contributed by atoms with Crippen molar-refractivity contribution in [3.63, 3.8) is 0 Å². The summed E-state index contributed by atoms with van der Waals surface area (Å²) in [5.74, 6) is -1.17. The molecule has 1 aromatic carbocycles. The number of amides is 1. The van der Waals surface area contributed by atoms with Gasteiger partial charge >= 0.3 is 5.97 Å². The number of carboxylic acids is 1. The molecule has 6 heteroatoms. The van der Waals surface area contributed by atoms with Gasteiger partial charge in [-0.3, -0.25) is 4.79 Å². The molecule has 0 aliphatic rings. The van der Waals surface area contributed by atoms with E-state index in [1.54, 1.807) is 0 Å². The normalized spacial score (nSPS) is 10.1. The molecule has 0 atom stereocenters. The predicted molar refractivity (Wildman–Crippen MR) is 68.2 cm³/mol. The van der Waals surface area contributed by atoms with Crippen molar-refractivity contribution in [2.75, 3.05) is 12.3 Å². The van der Waals surface area contributed by atoms with Crippen molar-refractivity contribution in [2.45, 2.75) is 12.7 Å². The maximum absolute atomic E-state index is 13.4. The third-order valence-corrected chi connectivity index (χ3v) is 3.14. The number of rotatable bonds is 6. The molecule has 0 aromatic heterocycles. The Morgan fingerprint density at radius 2 is 2.17 bits per heavy atom. The molecule has 2 N–H and O–H groups in total. The summed E-state index contributed by atoms with van der Waals surface area (Å²) < 4.78 is 13.4. The van der Waals surface area contributed by atoms with E-state index in [0.29, 0.717) is 12.1 Å². The molecule has 0 aliphatic heterocycles. The van der Waals surface area contributed by atoms with Gasteiger partial charge in [-0.2, -0.15) is 0 Å². The first-order valence-electron chi connectivity index (χ1n) is 5.40. The minimum atomic E-state index is -1.09. The molecule has 1 aromatic rings. The second-order valence-electron chi connectivity index (χ2n) is 3.56. The molecule has 0 bridgehead atoms. The molecule has 18 heavy (non-hydrogen) atoms. The van der Waals surface area contributed by atoms with Crippen molar-refractivity contribution in [3.8, 4) is 0 Å². The highest BCUT2D eigenvalue weighted by atomic mass is 32.2. The lowest BCUT2D eigenvalue weighted by atomic mass is 10.1. The van der Waals surface area contributed by atoms with Crippen LogP contribution in [-0.4, -0.2) is 29.3 Å². The second-order valence-corrected chi connectivity index (χ2v) is 4.54. The SMILES string of the molecule is CCNC(=O)CSCc1cc(C(=O)O)ccc1F. The van der Waals surface area contributed by atoms with Crippen molar-refractivity contribution in [1.29, 1.82) is 0 Å². The van der Waals surface area contributed by atoms with E-state index in [9.17, 15) is 14.0 Å². The Bertz CT molecular complexity index is 451. The lowest BCUT2D eigenvalue weighted by Crippen LogP contribution is -2.24. The van der Waals surface area contributed by atoms with Crippen molar-refractivity contribution < 1.29 is 19.1 Å². The van der Waals surface area contributed by atoms with E-state index in [1.165, 1.54) is 23.9 Å². The fraction of sp³-hybridized carbons (Fsp3) is 0.333. The van der Waals surface area contributed by atoms with Gasteiger partial charge in [0.25, 0.3) is 0 Å². The third-order valence-electron chi connectivity index (χ3n) is 2.16. The topological polar surface area (TPSA) is 66.4 Å². The Hall–Kier alpha value is -1.56. The molecule has 0 unspecified atom stereocenters. The molecule has 0 radical (unpaired) electrons. The first-order chi connectivity index (χ1) is 8.54. The van der Waals surface area contributed by atoms with Gasteiger partial charge in [-0.15, -0.1) is 11.8 Å². The number of aromatic carboxylic acids is 1. The summed E-state index contributed by atoms with van der Waals surface area (Å²) in [5.41, 5.74) is 0.342. The van der Waals surface area contributed by atoms with Crippen LogP contribution in [0.15, 0.2) is 18.2 Å². The number of nitrogens with one attached hydrogen (secondary N) is 1. The average Bonchev–Trinajstić information content (AvgIpc) is 2.31. The number of halogens is 1. The maximum Gasteiger partial charge on any atom is 0.335 e. The highest BCUT2D eigenvalue weighted by Gasteiger charge is 2.09. The van der Waals surface area contributed by atoms with Gasteiger partial charge in [0.2, 0.25) is 5.91 Å². The van der Waals surface area contributed by atoms with Crippen molar-refractivity contribution >= 4 is 23.6 Å². The Morgan fingerprint density at radius 3 is 2.78 bits per heavy atom. The zero-order chi connectivity index (χ0) is 13.5. The summed E-state index contributed by atoms with van der Waals surface area (Å²) in [6.07, 6.45) is 0. The van der Waals surface area contributed by atoms with Crippen LogP contribution in [0.2, 0.25) is 0 Å². The van der Waals surface area contributed by atoms with Gasteiger partial charge in [0.15, 0.2) is 0 Å². The van der Waals surface area contributed by atoms with Gasteiger partial charge in [0, 0.05) is 12.3 Å². The summed E-state index contributed by atoms with van der Waals surface area (Å²) in [6, 6.07) is 3.64. The largest absolute Gasteiger partial charge is 0.478 e. The molecular formula is C12H14FNO3S. The van der Waals surface area contributed by atoms with Crippen LogP contribution in [0, 0.1) is 5.82 Å². The number of benzene rings is 1. The van der Waals surface area contributed by atoms with Crippen molar-refractivity contribution in [1.82, 2.24) is 5.32 Å². The Morgan fingerprint density at radius 1 is 1.44 bits per heavy atom. The van der Waals surface area contributed by atoms with E-state index >= 15 is 0 Å². The van der Waals surface area contributed by atoms with Gasteiger partial charge in [-0.25, -0.2) is 9.18 Å². The molecule has 0 heterocycles. The van der Waals surface area contributed by atoms with Gasteiger partial charge < -0.3 is 10.4 Å². The summed E-state index contributed by atoms with van der Waals surface area (Å²) >= 11 is 1.24. The summed E-state index contributed by atoms with van der Waals surface area (Å²) in [5, 5.41) is 11.4. The van der Waals surface area contributed by atoms with Crippen molar-refractivity contribution in [2.24, 2.45) is 0 Å². The molecular weight excluding hydrogens is 257 g/mol. The van der Waals surface area contributed by atoms with E-state index in [1.807, 2.05) is 6.92 Å². The van der Waals surface area contributed by atoms with Crippen molar-refractivity contribution in [3.05, 3.63) is 35.1 Å². The Kier molecular flexibility index (Phi) is 5.64. The van der Waals surface area contributed by atoms with Crippen LogP contribution in [0.3, 0.4) is 0 Å². The second kappa shape index (κ2) is 7.00. The molecule has 0 saturated heterocycles. The van der Waals surface area contributed by atoms with Gasteiger partial charge in [-0.05, 0) is 30.7 Å². The minimum absolute atomic E-state index is 0.0463. The number of hydrogen-bond donors (Lipinski definition) is 2. The quantitative estimate of drug-likeness (QED) is 0.829. The lowest BCUT2D eigenvalue weighted by Gasteiger charge is -2.05. The van der Waals surface area contributed by atoms with E-state index in [4.69, 9.17) is 5.11 Å². The fourth-order valence-electron chi connectivity index (χ4n) is 1.32. The van der Waals surface area contributed by atoms with Crippen LogP contribution in [0.5, 0.6) is 0 Å². The standard InChI is InChI=1S/C12H14FNO3S/c1-2-14-11(15)7-18-6-9-5-8(12(16)17)3-4-10(9)13/h3-5H,2,6-7H2,1H3,(H,14,15)(H,16,17). The van der Waals surface area contributed by atoms with Crippen LogP contribution in [0.1, 0.15) is 22.8 Å². The molecule has 0 fully saturated rings. The third kappa shape index (κ3) is 4.37. The fourth-order valence-corrected chi connectivity index (χ4v) is 2.15. The van der Waals surface area contributed by atoms with Gasteiger partial charge in [0.05, 0.1) is 11.3 Å². The molecule has 0 aliphatic carbocycles. The number of carbonyl (C=O) groups is 2. The zero-order valence-corrected chi connectivity index (χ0v) is 10.7. The molecule has 0 saturated carbocycles. The number of thioether (sulfide) groups is 1. The minimum Gasteiger partial charge on any atom is -0.478 e. The van der Waals surface area contributed by atoms with E-state index in [-0.39, 0.29) is 23.0 Å². The van der Waals surface area contributed by atoms with E-state index in [2.05, 4.69) is 5.32 Å². The summed E-state index contributed by atoms with van der Waals surface area (Å²) in [7, 11) is 0. The number of hydrogen-bond acceptors (Lipinski definition) is 3. The molecule has 1 rings (SSSR count). The average molecular weight is 271 g/mol. The summed E-state index contributed by atoms with van der Waals surface area (Å²) in [6.45, 7) is 2.38. The lowest BCUT2D eigenvalue weighted by molar-refractivity contribution is -0.118. The Labute approximate surface area is 109 Å². The zero-order valence-electron chi connectivity index (χ0n) is 9.90. The number of carbonyl (C=O) groups excluding carboxylic acids is 1. The molecule has 4 nitrogen and oxygen atoms in total. The van der Waals surface area contributed by atoms with Crippen LogP contribution in [0.4, 0.5) is 4.39 Å². The highest BCUT2D eigenvalue weighted by molar-refractivity contribution is 7.99. The van der Waals surface area contributed by atoms with Gasteiger partial charge in [0.1, 0.15) is 5.82 Å². The first-order valence-corrected chi connectivity index (χ1v) is 6.56. The van der Waals surface area contributed by atoms with Crippen LogP contribution >= 0.6 is 11.8 Å². The predicted octanol–water partition coefficient (Wildman–Crippen LogP) is 1.89. The monoisotopic (exact) mass is 271 g/mol. The smallest absolute Gasteiger partial charge is 0.335 e. The molecule has 1 amide bonds. The van der Waals surface area contributed by atoms with Crippen LogP contribution in [-0.2, 0) is 10.5 Å². The van der Waals surface area contributed by atoms with Gasteiger partial charge in [-0.1, -0.05) is 0 Å².